The van der Waals surface area contributed by atoms with Gasteiger partial charge in [-0.25, -0.2) is 4.79 Å². The lowest BCUT2D eigenvalue weighted by molar-refractivity contribution is -0.0458. The van der Waals surface area contributed by atoms with Crippen LogP contribution in [0.25, 0.3) is 0 Å². The molecule has 0 aromatic heterocycles. The van der Waals surface area contributed by atoms with E-state index in [1.165, 1.54) is 141 Å². The number of nitrogens with one attached hydrogen (secondary N) is 1. The van der Waals surface area contributed by atoms with Gasteiger partial charge in [-0.15, -0.1) is 0 Å². The molecule has 1 aliphatic carbocycles. The largest absolute Gasteiger partial charge is 0.441 e. The van der Waals surface area contributed by atoms with Gasteiger partial charge < -0.3 is 29.0 Å². The van der Waals surface area contributed by atoms with Crippen molar-refractivity contribution in [2.45, 2.75) is 225 Å². The van der Waals surface area contributed by atoms with Crippen molar-refractivity contribution in [3.05, 3.63) is 0 Å². The Morgan fingerprint density at radius 1 is 0.667 bits per heavy atom. The fourth-order valence-electron chi connectivity index (χ4n) is 6.85. The van der Waals surface area contributed by atoms with E-state index in [2.05, 4.69) is 39.9 Å². The molecular formula is C44H87NO6. The van der Waals surface area contributed by atoms with Crippen molar-refractivity contribution in [3.63, 3.8) is 0 Å². The van der Waals surface area contributed by atoms with Crippen LogP contribution in [0.1, 0.15) is 208 Å². The van der Waals surface area contributed by atoms with Crippen LogP contribution in [0.4, 0.5) is 4.79 Å². The first-order valence-corrected chi connectivity index (χ1v) is 22.1. The number of ether oxygens (including phenoxy) is 5. The summed E-state index contributed by atoms with van der Waals surface area (Å²) in [6, 6.07) is 0. The monoisotopic (exact) mass is 726 g/mol. The maximum atomic E-state index is 12.8. The molecule has 3 atom stereocenters. The van der Waals surface area contributed by atoms with E-state index < -0.39 is 12.2 Å². The molecule has 0 saturated heterocycles. The van der Waals surface area contributed by atoms with Crippen LogP contribution < -0.4 is 5.32 Å². The maximum absolute atomic E-state index is 12.8. The normalized spacial score (nSPS) is 18.3. The lowest BCUT2D eigenvalue weighted by Crippen LogP contribution is -2.36. The molecular weight excluding hydrogens is 638 g/mol. The van der Waals surface area contributed by atoms with Crippen LogP contribution in [0.3, 0.4) is 0 Å². The summed E-state index contributed by atoms with van der Waals surface area (Å²) in [7, 11) is 1.77. The molecule has 3 unspecified atom stereocenters. The lowest BCUT2D eigenvalue weighted by atomic mass is 9.99. The second-order valence-corrected chi connectivity index (χ2v) is 16.2. The molecule has 0 radical (unpaired) electrons. The Bertz CT molecular complexity index is 745. The van der Waals surface area contributed by atoms with Gasteiger partial charge in [0.1, 0.15) is 0 Å². The van der Waals surface area contributed by atoms with E-state index >= 15 is 0 Å². The van der Waals surface area contributed by atoms with Crippen molar-refractivity contribution in [2.75, 3.05) is 46.7 Å². The van der Waals surface area contributed by atoms with Gasteiger partial charge in [0.2, 0.25) is 0 Å². The third-order valence-corrected chi connectivity index (χ3v) is 11.3. The molecule has 0 bridgehead atoms. The molecule has 0 heterocycles. The van der Waals surface area contributed by atoms with Crippen LogP contribution in [0.5, 0.6) is 0 Å². The lowest BCUT2D eigenvalue weighted by Gasteiger charge is -2.27. The molecule has 1 saturated carbocycles. The molecule has 1 amide bonds. The van der Waals surface area contributed by atoms with E-state index in [9.17, 15) is 4.79 Å². The molecule has 1 fully saturated rings. The Morgan fingerprint density at radius 3 is 1.47 bits per heavy atom. The Hall–Kier alpha value is -0.890. The summed E-state index contributed by atoms with van der Waals surface area (Å²) in [6.45, 7) is 14.3. The highest BCUT2D eigenvalue weighted by Gasteiger charge is 2.51. The first kappa shape index (κ1) is 48.1. The summed E-state index contributed by atoms with van der Waals surface area (Å²) in [5.41, 5.74) is -0.342. The summed E-state index contributed by atoms with van der Waals surface area (Å²) in [5.74, 6) is 0.294. The smallest absolute Gasteiger partial charge is 0.407 e. The van der Waals surface area contributed by atoms with Crippen LogP contribution in [0.2, 0.25) is 0 Å². The van der Waals surface area contributed by atoms with Gasteiger partial charge in [0.25, 0.3) is 0 Å². The fraction of sp³-hybridized carbons (Fsp3) is 0.977. The summed E-state index contributed by atoms with van der Waals surface area (Å²) < 4.78 is 29.7. The van der Waals surface area contributed by atoms with Gasteiger partial charge in [-0.05, 0) is 46.0 Å². The van der Waals surface area contributed by atoms with Gasteiger partial charge in [0, 0.05) is 32.8 Å². The number of hydrogen-bond donors (Lipinski definition) is 1. The van der Waals surface area contributed by atoms with Crippen LogP contribution in [0, 0.1) is 5.92 Å². The average Bonchev–Trinajstić information content (AvgIpc) is 3.79. The number of amides is 1. The first-order valence-electron chi connectivity index (χ1n) is 22.1. The highest BCUT2D eigenvalue weighted by Crippen LogP contribution is 2.46. The predicted octanol–water partition coefficient (Wildman–Crippen LogP) is 12.5. The molecule has 304 valence electrons. The molecule has 0 aliphatic heterocycles. The Labute approximate surface area is 317 Å². The third kappa shape index (κ3) is 27.4. The maximum Gasteiger partial charge on any atom is 0.407 e. The van der Waals surface area contributed by atoms with Crippen LogP contribution in [-0.2, 0) is 23.7 Å². The van der Waals surface area contributed by atoms with Gasteiger partial charge in [0.15, 0.2) is 6.10 Å². The summed E-state index contributed by atoms with van der Waals surface area (Å²) in [5, 5.41) is 2.99. The van der Waals surface area contributed by atoms with Crippen molar-refractivity contribution in [1.82, 2.24) is 5.32 Å². The number of unbranched alkanes of at least 4 members (excludes halogenated alkanes) is 22. The highest BCUT2D eigenvalue weighted by atomic mass is 16.6. The van der Waals surface area contributed by atoms with E-state index in [0.29, 0.717) is 45.5 Å². The number of carbonyl (C=O) groups excluding carboxylic acids is 1. The zero-order valence-electron chi connectivity index (χ0n) is 34.9. The van der Waals surface area contributed by atoms with Crippen molar-refractivity contribution in [2.24, 2.45) is 5.92 Å². The van der Waals surface area contributed by atoms with E-state index in [-0.39, 0.29) is 11.2 Å². The molecule has 1 aliphatic rings. The predicted molar refractivity (Wildman–Crippen MR) is 215 cm³/mol. The molecule has 7 heteroatoms. The van der Waals surface area contributed by atoms with Gasteiger partial charge in [0.05, 0.1) is 31.0 Å². The highest BCUT2D eigenvalue weighted by molar-refractivity contribution is 5.67. The standard InChI is InChI=1S/C44H87NO6/c1-7-10-12-14-16-18-20-22-24-26-28-30-33-48-38-41(39-49-34-31-29-27-25-23-21-19-17-15-13-11-8-2)51-42(46)45-37-40-36-44(40,5)50-35-32-43(4,9-3)47-6/h40-41H,7-39H2,1-6H3,(H,45,46). The second-order valence-electron chi connectivity index (χ2n) is 16.2. The molecule has 1 rings (SSSR count). The van der Waals surface area contributed by atoms with E-state index in [0.717, 1.165) is 32.1 Å². The molecule has 51 heavy (non-hydrogen) atoms. The van der Waals surface area contributed by atoms with E-state index in [1.807, 2.05) is 0 Å². The quantitative estimate of drug-likeness (QED) is 0.0636. The Balaban J connectivity index is 2.27. The number of rotatable bonds is 39. The van der Waals surface area contributed by atoms with Gasteiger partial charge in [-0.3, -0.25) is 0 Å². The number of carbonyl (C=O) groups is 1. The van der Waals surface area contributed by atoms with Crippen molar-refractivity contribution < 1.29 is 28.5 Å². The van der Waals surface area contributed by atoms with Crippen molar-refractivity contribution in [3.8, 4) is 0 Å². The van der Waals surface area contributed by atoms with Gasteiger partial charge >= 0.3 is 6.09 Å². The summed E-state index contributed by atoms with van der Waals surface area (Å²) in [4.78, 5) is 12.8. The molecule has 1 N–H and O–H groups in total. The first-order chi connectivity index (χ1) is 24.8. The number of methoxy groups -OCH3 is 1. The second kappa shape index (κ2) is 32.5. The van der Waals surface area contributed by atoms with Crippen LogP contribution in [-0.4, -0.2) is 70.1 Å². The zero-order chi connectivity index (χ0) is 37.3. The Kier molecular flexibility index (Phi) is 30.7. The number of alkyl carbamates (subject to hydrolysis) is 1. The fourth-order valence-corrected chi connectivity index (χ4v) is 6.85. The summed E-state index contributed by atoms with van der Waals surface area (Å²) >= 11 is 0. The SMILES string of the molecule is CCCCCCCCCCCCCCOCC(COCCCCCCCCCCCCCC)OC(=O)NCC1CC1(C)OCCC(C)(CC)OC. The molecule has 0 aromatic carbocycles. The van der Waals surface area contributed by atoms with Gasteiger partial charge in [-0.1, -0.05) is 162 Å². The zero-order valence-corrected chi connectivity index (χ0v) is 34.9. The Morgan fingerprint density at radius 2 is 1.08 bits per heavy atom. The van der Waals surface area contributed by atoms with E-state index in [4.69, 9.17) is 23.7 Å². The minimum Gasteiger partial charge on any atom is -0.441 e. The van der Waals surface area contributed by atoms with Crippen LogP contribution >= 0.6 is 0 Å². The minimum atomic E-state index is -0.401. The minimum absolute atomic E-state index is 0.151. The van der Waals surface area contributed by atoms with Crippen molar-refractivity contribution >= 4 is 6.09 Å². The topological polar surface area (TPSA) is 75.3 Å². The van der Waals surface area contributed by atoms with Crippen molar-refractivity contribution in [1.29, 1.82) is 0 Å². The van der Waals surface area contributed by atoms with E-state index in [1.54, 1.807) is 7.11 Å². The molecule has 7 nitrogen and oxygen atoms in total. The summed E-state index contributed by atoms with van der Waals surface area (Å²) in [6.07, 6.45) is 33.8. The average molecular weight is 726 g/mol. The third-order valence-electron chi connectivity index (χ3n) is 11.3. The van der Waals surface area contributed by atoms with Gasteiger partial charge in [-0.2, -0.15) is 0 Å². The molecule has 0 aromatic rings. The van der Waals surface area contributed by atoms with Crippen LogP contribution in [0.15, 0.2) is 0 Å². The molecule has 0 spiro atoms. The number of hydrogen-bond acceptors (Lipinski definition) is 6.